The molecule has 0 heterocycles. The Morgan fingerprint density at radius 1 is 1.36 bits per heavy atom. The van der Waals surface area contributed by atoms with Crippen LogP contribution in [0.1, 0.15) is 19.3 Å². The summed E-state index contributed by atoms with van der Waals surface area (Å²) in [6.45, 7) is 0. The average molecular weight is 193 g/mol. The highest BCUT2D eigenvalue weighted by Crippen LogP contribution is 2.31. The molecule has 76 valence electrons. The van der Waals surface area contributed by atoms with Crippen molar-refractivity contribution in [2.24, 2.45) is 0 Å². The third-order valence-corrected chi connectivity index (χ3v) is 2.57. The first-order valence-corrected chi connectivity index (χ1v) is 4.90. The van der Waals surface area contributed by atoms with Gasteiger partial charge in [0.1, 0.15) is 11.5 Å². The molecule has 3 nitrogen and oxygen atoms in total. The Morgan fingerprint density at radius 3 is 2.71 bits per heavy atom. The first-order chi connectivity index (χ1) is 6.79. The second kappa shape index (κ2) is 3.78. The van der Waals surface area contributed by atoms with E-state index in [2.05, 4.69) is 0 Å². The van der Waals surface area contributed by atoms with Crippen molar-refractivity contribution in [1.29, 1.82) is 0 Å². The molecular weight excluding hydrogens is 178 g/mol. The molecule has 1 aromatic carbocycles. The molecule has 0 spiro atoms. The molecule has 2 N–H and O–H groups in total. The topological polar surface area (TPSA) is 44.5 Å². The largest absolute Gasteiger partial charge is 0.497 e. The first kappa shape index (κ1) is 9.19. The Balaban J connectivity index is 2.13. The fourth-order valence-electron chi connectivity index (χ4n) is 1.41. The Kier molecular flexibility index (Phi) is 2.48. The fourth-order valence-corrected chi connectivity index (χ4v) is 1.41. The van der Waals surface area contributed by atoms with Crippen LogP contribution < -0.4 is 15.2 Å². The van der Waals surface area contributed by atoms with Gasteiger partial charge in [-0.25, -0.2) is 0 Å². The van der Waals surface area contributed by atoms with Gasteiger partial charge in [0.05, 0.1) is 18.9 Å². The highest BCUT2D eigenvalue weighted by molar-refractivity contribution is 5.55. The molecule has 1 aromatic rings. The van der Waals surface area contributed by atoms with Gasteiger partial charge in [-0.05, 0) is 31.4 Å². The molecule has 0 radical (unpaired) electrons. The Hall–Kier alpha value is -1.38. The quantitative estimate of drug-likeness (QED) is 0.748. The zero-order chi connectivity index (χ0) is 9.97. The standard InChI is InChI=1S/C11H15NO2/c1-13-9-5-6-10(12)11(7-9)14-8-3-2-4-8/h5-8H,2-4,12H2,1H3. The van der Waals surface area contributed by atoms with Crippen molar-refractivity contribution in [2.75, 3.05) is 12.8 Å². The summed E-state index contributed by atoms with van der Waals surface area (Å²) in [6, 6.07) is 5.49. The van der Waals surface area contributed by atoms with Gasteiger partial charge < -0.3 is 15.2 Å². The molecular formula is C11H15NO2. The summed E-state index contributed by atoms with van der Waals surface area (Å²) < 4.78 is 10.8. The number of ether oxygens (including phenoxy) is 2. The summed E-state index contributed by atoms with van der Waals surface area (Å²) in [6.07, 6.45) is 3.88. The van der Waals surface area contributed by atoms with Crippen LogP contribution in [0.15, 0.2) is 18.2 Å². The van der Waals surface area contributed by atoms with Crippen LogP contribution in [0.25, 0.3) is 0 Å². The van der Waals surface area contributed by atoms with Gasteiger partial charge in [-0.2, -0.15) is 0 Å². The van der Waals surface area contributed by atoms with Crippen molar-refractivity contribution in [3.05, 3.63) is 18.2 Å². The third-order valence-electron chi connectivity index (χ3n) is 2.57. The van der Waals surface area contributed by atoms with E-state index < -0.39 is 0 Å². The van der Waals surface area contributed by atoms with Crippen molar-refractivity contribution in [3.8, 4) is 11.5 Å². The van der Waals surface area contributed by atoms with Gasteiger partial charge >= 0.3 is 0 Å². The van der Waals surface area contributed by atoms with Crippen LogP contribution in [0.2, 0.25) is 0 Å². The number of hydrogen-bond donors (Lipinski definition) is 1. The van der Waals surface area contributed by atoms with E-state index in [1.165, 1.54) is 6.42 Å². The lowest BCUT2D eigenvalue weighted by Gasteiger charge is -2.27. The van der Waals surface area contributed by atoms with E-state index in [-0.39, 0.29) is 0 Å². The summed E-state index contributed by atoms with van der Waals surface area (Å²) in [5, 5.41) is 0. The zero-order valence-electron chi connectivity index (χ0n) is 8.32. The molecule has 0 saturated heterocycles. The molecule has 1 aliphatic rings. The highest BCUT2D eigenvalue weighted by atomic mass is 16.5. The van der Waals surface area contributed by atoms with E-state index in [0.717, 1.165) is 24.3 Å². The second-order valence-electron chi connectivity index (χ2n) is 3.57. The molecule has 2 rings (SSSR count). The van der Waals surface area contributed by atoms with Gasteiger partial charge in [0, 0.05) is 6.07 Å². The van der Waals surface area contributed by atoms with Gasteiger partial charge in [0.25, 0.3) is 0 Å². The molecule has 1 fully saturated rings. The number of nitrogens with two attached hydrogens (primary N) is 1. The number of benzene rings is 1. The van der Waals surface area contributed by atoms with Gasteiger partial charge in [0.2, 0.25) is 0 Å². The minimum absolute atomic E-state index is 0.351. The monoisotopic (exact) mass is 193 g/mol. The Labute approximate surface area is 83.8 Å². The second-order valence-corrected chi connectivity index (χ2v) is 3.57. The van der Waals surface area contributed by atoms with Crippen LogP contribution in [-0.4, -0.2) is 13.2 Å². The normalized spacial score (nSPS) is 16.1. The average Bonchev–Trinajstić information content (AvgIpc) is 2.14. The van der Waals surface area contributed by atoms with Crippen molar-refractivity contribution >= 4 is 5.69 Å². The minimum atomic E-state index is 0.351. The van der Waals surface area contributed by atoms with E-state index in [1.807, 2.05) is 18.2 Å². The third kappa shape index (κ3) is 1.76. The van der Waals surface area contributed by atoms with Gasteiger partial charge in [-0.1, -0.05) is 0 Å². The van der Waals surface area contributed by atoms with Crippen molar-refractivity contribution in [1.82, 2.24) is 0 Å². The van der Waals surface area contributed by atoms with E-state index >= 15 is 0 Å². The summed E-state index contributed by atoms with van der Waals surface area (Å²) in [7, 11) is 1.64. The van der Waals surface area contributed by atoms with Crippen LogP contribution in [-0.2, 0) is 0 Å². The Morgan fingerprint density at radius 2 is 2.14 bits per heavy atom. The number of methoxy groups -OCH3 is 1. The molecule has 0 aromatic heterocycles. The van der Waals surface area contributed by atoms with Crippen molar-refractivity contribution < 1.29 is 9.47 Å². The summed E-state index contributed by atoms with van der Waals surface area (Å²) in [5.41, 5.74) is 6.47. The predicted molar refractivity (Wildman–Crippen MR) is 55.7 cm³/mol. The first-order valence-electron chi connectivity index (χ1n) is 4.90. The molecule has 0 aliphatic heterocycles. The van der Waals surface area contributed by atoms with Crippen LogP contribution in [0.5, 0.6) is 11.5 Å². The lowest BCUT2D eigenvalue weighted by atomic mass is 9.96. The summed E-state index contributed by atoms with van der Waals surface area (Å²) in [5.74, 6) is 1.53. The molecule has 1 aliphatic carbocycles. The van der Waals surface area contributed by atoms with Crippen molar-refractivity contribution in [3.63, 3.8) is 0 Å². The number of hydrogen-bond acceptors (Lipinski definition) is 3. The molecule has 0 amide bonds. The number of anilines is 1. The molecule has 0 bridgehead atoms. The van der Waals surface area contributed by atoms with E-state index in [1.54, 1.807) is 7.11 Å². The SMILES string of the molecule is COc1ccc(N)c(OC2CCC2)c1. The number of rotatable bonds is 3. The smallest absolute Gasteiger partial charge is 0.146 e. The minimum Gasteiger partial charge on any atom is -0.497 e. The molecule has 14 heavy (non-hydrogen) atoms. The van der Waals surface area contributed by atoms with Gasteiger partial charge in [-0.3, -0.25) is 0 Å². The lowest BCUT2D eigenvalue weighted by molar-refractivity contribution is 0.121. The van der Waals surface area contributed by atoms with Gasteiger partial charge in [0.15, 0.2) is 0 Å². The maximum absolute atomic E-state index is 5.79. The van der Waals surface area contributed by atoms with Crippen LogP contribution in [0.4, 0.5) is 5.69 Å². The zero-order valence-corrected chi connectivity index (χ0v) is 8.32. The van der Waals surface area contributed by atoms with Crippen LogP contribution in [0, 0.1) is 0 Å². The van der Waals surface area contributed by atoms with E-state index in [0.29, 0.717) is 11.8 Å². The summed E-state index contributed by atoms with van der Waals surface area (Å²) >= 11 is 0. The molecule has 0 atom stereocenters. The van der Waals surface area contributed by atoms with Crippen LogP contribution in [0.3, 0.4) is 0 Å². The molecule has 0 unspecified atom stereocenters. The van der Waals surface area contributed by atoms with E-state index in [9.17, 15) is 0 Å². The molecule has 1 saturated carbocycles. The molecule has 3 heteroatoms. The van der Waals surface area contributed by atoms with E-state index in [4.69, 9.17) is 15.2 Å². The maximum atomic E-state index is 5.79. The van der Waals surface area contributed by atoms with Crippen molar-refractivity contribution in [2.45, 2.75) is 25.4 Å². The fraction of sp³-hybridized carbons (Fsp3) is 0.455. The van der Waals surface area contributed by atoms with Gasteiger partial charge in [-0.15, -0.1) is 0 Å². The summed E-state index contributed by atoms with van der Waals surface area (Å²) in [4.78, 5) is 0. The number of nitrogen functional groups attached to an aromatic ring is 1. The van der Waals surface area contributed by atoms with Crippen LogP contribution >= 0.6 is 0 Å². The Bertz CT molecular complexity index is 321. The predicted octanol–water partition coefficient (Wildman–Crippen LogP) is 2.21. The highest BCUT2D eigenvalue weighted by Gasteiger charge is 2.20. The lowest BCUT2D eigenvalue weighted by Crippen LogP contribution is -2.24. The maximum Gasteiger partial charge on any atom is 0.146 e.